The molecule has 0 atom stereocenters. The SMILES string of the molecule is CNC(=O)C1CN(Cc2cc(C)c(OCc3cnc(Cl)c(Cl)c3)c(C)c2)C1. The van der Waals surface area contributed by atoms with Gasteiger partial charge in [-0.05, 0) is 36.6 Å². The molecule has 0 saturated carbocycles. The van der Waals surface area contributed by atoms with Crippen LogP contribution in [0, 0.1) is 19.8 Å². The summed E-state index contributed by atoms with van der Waals surface area (Å²) < 4.78 is 6.00. The summed E-state index contributed by atoms with van der Waals surface area (Å²) >= 11 is 11.9. The Kier molecular flexibility index (Phi) is 6.25. The molecular formula is C20H23Cl2N3O2. The Labute approximate surface area is 169 Å². The maximum atomic E-state index is 11.6. The summed E-state index contributed by atoms with van der Waals surface area (Å²) in [6, 6.07) is 6.05. The molecule has 3 rings (SSSR count). The zero-order chi connectivity index (χ0) is 19.6. The number of likely N-dealkylation sites (tertiary alicyclic amines) is 1. The molecule has 2 aromatic rings. The van der Waals surface area contributed by atoms with E-state index in [0.29, 0.717) is 16.8 Å². The van der Waals surface area contributed by atoms with E-state index in [9.17, 15) is 4.79 Å². The zero-order valence-corrected chi connectivity index (χ0v) is 17.2. The molecule has 0 bridgehead atoms. The van der Waals surface area contributed by atoms with Gasteiger partial charge in [-0.15, -0.1) is 0 Å². The Morgan fingerprint density at radius 3 is 2.48 bits per heavy atom. The van der Waals surface area contributed by atoms with Crippen LogP contribution in [-0.4, -0.2) is 35.9 Å². The number of rotatable bonds is 6. The quantitative estimate of drug-likeness (QED) is 0.740. The van der Waals surface area contributed by atoms with Crippen LogP contribution in [0.3, 0.4) is 0 Å². The predicted molar refractivity (Wildman–Crippen MR) is 107 cm³/mol. The number of hydrogen-bond acceptors (Lipinski definition) is 4. The van der Waals surface area contributed by atoms with Crippen LogP contribution in [0.4, 0.5) is 0 Å². The third kappa shape index (κ3) is 4.72. The van der Waals surface area contributed by atoms with E-state index in [0.717, 1.165) is 42.1 Å². The van der Waals surface area contributed by atoms with Gasteiger partial charge in [0.05, 0.1) is 10.9 Å². The zero-order valence-electron chi connectivity index (χ0n) is 15.7. The summed E-state index contributed by atoms with van der Waals surface area (Å²) in [7, 11) is 1.69. The van der Waals surface area contributed by atoms with Crippen LogP contribution in [0.2, 0.25) is 10.2 Å². The number of amides is 1. The van der Waals surface area contributed by atoms with Gasteiger partial charge in [-0.3, -0.25) is 9.69 Å². The molecule has 1 N–H and O–H groups in total. The average molecular weight is 408 g/mol. The molecule has 144 valence electrons. The van der Waals surface area contributed by atoms with E-state index in [4.69, 9.17) is 27.9 Å². The van der Waals surface area contributed by atoms with Crippen molar-refractivity contribution in [3.8, 4) is 5.75 Å². The van der Waals surface area contributed by atoms with Crippen molar-refractivity contribution in [2.24, 2.45) is 5.92 Å². The summed E-state index contributed by atoms with van der Waals surface area (Å²) in [5, 5.41) is 3.42. The minimum atomic E-state index is 0.111. The van der Waals surface area contributed by atoms with Gasteiger partial charge in [0.25, 0.3) is 0 Å². The van der Waals surface area contributed by atoms with Crippen molar-refractivity contribution in [3.63, 3.8) is 0 Å². The second-order valence-corrected chi connectivity index (χ2v) is 7.73. The van der Waals surface area contributed by atoms with Crippen molar-refractivity contribution in [1.82, 2.24) is 15.2 Å². The first-order chi connectivity index (χ1) is 12.9. The number of nitrogens with one attached hydrogen (secondary N) is 1. The molecule has 27 heavy (non-hydrogen) atoms. The number of benzene rings is 1. The highest BCUT2D eigenvalue weighted by molar-refractivity contribution is 6.41. The van der Waals surface area contributed by atoms with Crippen molar-refractivity contribution in [2.75, 3.05) is 20.1 Å². The first-order valence-corrected chi connectivity index (χ1v) is 9.59. The van der Waals surface area contributed by atoms with Gasteiger partial charge < -0.3 is 10.1 Å². The fourth-order valence-corrected chi connectivity index (χ4v) is 3.67. The highest BCUT2D eigenvalue weighted by atomic mass is 35.5. The van der Waals surface area contributed by atoms with Crippen LogP contribution in [0.5, 0.6) is 5.75 Å². The van der Waals surface area contributed by atoms with Crippen LogP contribution in [0.15, 0.2) is 24.4 Å². The molecule has 1 amide bonds. The van der Waals surface area contributed by atoms with E-state index < -0.39 is 0 Å². The van der Waals surface area contributed by atoms with Crippen molar-refractivity contribution in [1.29, 1.82) is 0 Å². The minimum absolute atomic E-state index is 0.111. The monoisotopic (exact) mass is 407 g/mol. The fraction of sp³-hybridized carbons (Fsp3) is 0.400. The van der Waals surface area contributed by atoms with Crippen LogP contribution in [-0.2, 0) is 17.9 Å². The number of ether oxygens (including phenoxy) is 1. The third-order valence-electron chi connectivity index (χ3n) is 4.74. The summed E-state index contributed by atoms with van der Waals surface area (Å²) in [4.78, 5) is 17.9. The van der Waals surface area contributed by atoms with Gasteiger partial charge in [-0.1, -0.05) is 35.3 Å². The molecule has 1 aromatic carbocycles. The number of halogens is 2. The topological polar surface area (TPSA) is 54.5 Å². The molecule has 7 heteroatoms. The van der Waals surface area contributed by atoms with E-state index in [1.807, 2.05) is 13.8 Å². The normalized spacial score (nSPS) is 14.7. The molecule has 0 spiro atoms. The van der Waals surface area contributed by atoms with Gasteiger partial charge >= 0.3 is 0 Å². The van der Waals surface area contributed by atoms with Gasteiger partial charge in [0, 0.05) is 38.4 Å². The molecule has 2 heterocycles. The molecule has 1 aliphatic rings. The second-order valence-electron chi connectivity index (χ2n) is 6.97. The lowest BCUT2D eigenvalue weighted by molar-refractivity contribution is -0.129. The predicted octanol–water partition coefficient (Wildman–Crippen LogP) is 3.76. The summed E-state index contributed by atoms with van der Waals surface area (Å²) in [5.41, 5.74) is 4.26. The summed E-state index contributed by atoms with van der Waals surface area (Å²) in [6.07, 6.45) is 1.67. The number of hydrogen-bond donors (Lipinski definition) is 1. The van der Waals surface area contributed by atoms with Gasteiger partial charge in [0.2, 0.25) is 5.91 Å². The first kappa shape index (κ1) is 19.9. The highest BCUT2D eigenvalue weighted by Gasteiger charge is 2.31. The number of carbonyl (C=O) groups excluding carboxylic acids is 1. The molecule has 1 saturated heterocycles. The lowest BCUT2D eigenvalue weighted by Crippen LogP contribution is -2.52. The molecule has 0 aliphatic carbocycles. The van der Waals surface area contributed by atoms with Gasteiger partial charge in [-0.25, -0.2) is 4.98 Å². The van der Waals surface area contributed by atoms with Crippen LogP contribution in [0.25, 0.3) is 0 Å². The lowest BCUT2D eigenvalue weighted by atomic mass is 9.97. The Bertz CT molecular complexity index is 828. The maximum absolute atomic E-state index is 11.6. The summed E-state index contributed by atoms with van der Waals surface area (Å²) in [5.74, 6) is 1.11. The maximum Gasteiger partial charge on any atom is 0.225 e. The number of carbonyl (C=O) groups is 1. The van der Waals surface area contributed by atoms with Crippen LogP contribution in [0.1, 0.15) is 22.3 Å². The number of nitrogens with zero attached hydrogens (tertiary/aromatic N) is 2. The standard InChI is InChI=1S/C20H23Cl2N3O2/c1-12-4-14(8-25-9-16(10-25)20(26)23-3)5-13(2)18(12)27-11-15-6-17(21)19(22)24-7-15/h4-7,16H,8-11H2,1-3H3,(H,23,26). The molecule has 1 fully saturated rings. The molecule has 0 radical (unpaired) electrons. The van der Waals surface area contributed by atoms with E-state index in [-0.39, 0.29) is 11.8 Å². The Balaban J connectivity index is 1.61. The van der Waals surface area contributed by atoms with Gasteiger partial charge in [0.1, 0.15) is 17.5 Å². The van der Waals surface area contributed by atoms with Crippen molar-refractivity contribution < 1.29 is 9.53 Å². The smallest absolute Gasteiger partial charge is 0.225 e. The van der Waals surface area contributed by atoms with Crippen LogP contribution < -0.4 is 10.1 Å². The number of pyridine rings is 1. The Morgan fingerprint density at radius 2 is 1.89 bits per heavy atom. The second kappa shape index (κ2) is 8.46. The largest absolute Gasteiger partial charge is 0.488 e. The Morgan fingerprint density at radius 1 is 1.22 bits per heavy atom. The number of aromatic nitrogens is 1. The molecule has 0 unspecified atom stereocenters. The van der Waals surface area contributed by atoms with E-state index in [2.05, 4.69) is 27.3 Å². The molecule has 1 aliphatic heterocycles. The van der Waals surface area contributed by atoms with Crippen molar-refractivity contribution in [3.05, 3.63) is 56.8 Å². The molecule has 1 aromatic heterocycles. The van der Waals surface area contributed by atoms with E-state index in [1.54, 1.807) is 19.3 Å². The number of aryl methyl sites for hydroxylation is 2. The lowest BCUT2D eigenvalue weighted by Gasteiger charge is -2.38. The molecular weight excluding hydrogens is 385 g/mol. The Hall–Kier alpha value is -1.82. The van der Waals surface area contributed by atoms with E-state index in [1.165, 1.54) is 5.56 Å². The van der Waals surface area contributed by atoms with Crippen LogP contribution >= 0.6 is 23.2 Å². The van der Waals surface area contributed by atoms with Crippen molar-refractivity contribution >= 4 is 29.1 Å². The fourth-order valence-electron chi connectivity index (χ4n) is 3.38. The van der Waals surface area contributed by atoms with Gasteiger partial charge in [-0.2, -0.15) is 0 Å². The van der Waals surface area contributed by atoms with Crippen molar-refractivity contribution in [2.45, 2.75) is 27.0 Å². The first-order valence-electron chi connectivity index (χ1n) is 8.84. The molecule has 5 nitrogen and oxygen atoms in total. The van der Waals surface area contributed by atoms with Gasteiger partial charge in [0.15, 0.2) is 0 Å². The highest BCUT2D eigenvalue weighted by Crippen LogP contribution is 2.28. The minimum Gasteiger partial charge on any atom is -0.488 e. The summed E-state index contributed by atoms with van der Waals surface area (Å²) in [6.45, 7) is 6.92. The average Bonchev–Trinajstić information content (AvgIpc) is 2.59. The third-order valence-corrected chi connectivity index (χ3v) is 5.42. The van der Waals surface area contributed by atoms with E-state index >= 15 is 0 Å².